The number of carbonyl (C=O) groups excluding carboxylic acids is 2. The Kier molecular flexibility index (Phi) is 12.5. The molecule has 2 unspecified atom stereocenters. The van der Waals surface area contributed by atoms with Crippen LogP contribution in [0.4, 0.5) is 31.8 Å². The number of anilines is 4. The van der Waals surface area contributed by atoms with Crippen molar-refractivity contribution in [2.45, 2.75) is 51.6 Å². The smallest absolute Gasteiger partial charge is 0.291 e. The van der Waals surface area contributed by atoms with Crippen LogP contribution >= 0.6 is 31.9 Å². The summed E-state index contributed by atoms with van der Waals surface area (Å²) in [6.07, 6.45) is 1.33. The molecule has 2 saturated heterocycles. The molecule has 14 nitrogen and oxygen atoms in total. The number of hydrogen-bond donors (Lipinski definition) is 0. The van der Waals surface area contributed by atoms with E-state index in [9.17, 15) is 28.0 Å². The zero-order valence-corrected chi connectivity index (χ0v) is 35.8. The van der Waals surface area contributed by atoms with Crippen LogP contribution in [0.5, 0.6) is 0 Å². The van der Waals surface area contributed by atoms with Gasteiger partial charge in [0.1, 0.15) is 11.6 Å². The van der Waals surface area contributed by atoms with E-state index in [1.165, 1.54) is 14.1 Å². The van der Waals surface area contributed by atoms with Gasteiger partial charge in [0, 0.05) is 72.7 Å². The van der Waals surface area contributed by atoms with Crippen LogP contribution in [0.15, 0.2) is 54.9 Å². The minimum Gasteiger partial charge on any atom is -0.378 e. The predicted octanol–water partition coefficient (Wildman–Crippen LogP) is 4.08. The summed E-state index contributed by atoms with van der Waals surface area (Å²) < 4.78 is 44.0. The second kappa shape index (κ2) is 17.4. The number of carbonyl (C=O) groups is 2. The molecule has 2 aromatic heterocycles. The second-order valence-electron chi connectivity index (χ2n) is 14.7. The fourth-order valence-electron chi connectivity index (χ4n) is 7.90. The van der Waals surface area contributed by atoms with E-state index >= 15 is 0 Å². The molecule has 0 radical (unpaired) electrons. The molecule has 308 valence electrons. The summed E-state index contributed by atoms with van der Waals surface area (Å²) in [6, 6.07) is 11.5. The zero-order valence-electron chi connectivity index (χ0n) is 32.6. The Balaban J connectivity index is 0.000000177. The van der Waals surface area contributed by atoms with Crippen molar-refractivity contribution >= 4 is 66.7 Å². The van der Waals surface area contributed by atoms with Crippen LogP contribution in [0.1, 0.15) is 36.6 Å². The van der Waals surface area contributed by atoms with E-state index in [4.69, 9.17) is 9.47 Å². The number of halogens is 4. The van der Waals surface area contributed by atoms with Crippen LogP contribution in [0.3, 0.4) is 0 Å². The fraction of sp³-hybridized carbons (Fsp3) is 0.450. The number of nitrogens with zero attached hydrogens (tertiary/aromatic N) is 8. The monoisotopic (exact) mass is 928 g/mol. The van der Waals surface area contributed by atoms with Gasteiger partial charge in [-0.2, -0.15) is 8.78 Å². The van der Waals surface area contributed by atoms with Crippen LogP contribution < -0.4 is 30.7 Å². The number of ether oxygens (including phenoxy) is 2. The van der Waals surface area contributed by atoms with Crippen LogP contribution in [-0.2, 0) is 58.8 Å². The van der Waals surface area contributed by atoms with Crippen molar-refractivity contribution in [3.63, 3.8) is 0 Å². The van der Waals surface area contributed by atoms with Gasteiger partial charge in [0.25, 0.3) is 11.1 Å². The Morgan fingerprint density at radius 3 is 1.40 bits per heavy atom. The van der Waals surface area contributed by atoms with Crippen LogP contribution in [0, 0.1) is 11.6 Å². The normalized spacial score (nSPS) is 18.8. The van der Waals surface area contributed by atoms with E-state index in [-0.39, 0.29) is 60.0 Å². The van der Waals surface area contributed by atoms with Crippen molar-refractivity contribution in [3.05, 3.63) is 100 Å². The molecule has 2 aromatic carbocycles. The van der Waals surface area contributed by atoms with Gasteiger partial charge >= 0.3 is 0 Å². The molecule has 8 rings (SSSR count). The maximum absolute atomic E-state index is 14.6. The van der Waals surface area contributed by atoms with E-state index in [0.29, 0.717) is 52.6 Å². The van der Waals surface area contributed by atoms with E-state index in [0.717, 1.165) is 53.4 Å². The van der Waals surface area contributed by atoms with Crippen molar-refractivity contribution in [3.8, 4) is 0 Å². The Hall–Kier alpha value is -4.52. The summed E-state index contributed by atoms with van der Waals surface area (Å²) in [5.41, 5.74) is 2.34. The molecule has 0 saturated carbocycles. The molecule has 18 heteroatoms. The highest BCUT2D eigenvalue weighted by Crippen LogP contribution is 2.38. The molecule has 0 bridgehead atoms. The predicted molar refractivity (Wildman–Crippen MR) is 222 cm³/mol. The van der Waals surface area contributed by atoms with E-state index in [1.807, 2.05) is 50.2 Å². The third-order valence-corrected chi connectivity index (χ3v) is 12.5. The number of hydrogen-bond acceptors (Lipinski definition) is 10. The van der Waals surface area contributed by atoms with Gasteiger partial charge in [-0.1, -0.05) is 44.0 Å². The summed E-state index contributed by atoms with van der Waals surface area (Å²) in [6.45, 7) is 7.57. The third-order valence-electron chi connectivity index (χ3n) is 11.0. The number of fused-ring (bicyclic) bond motifs is 2. The summed E-state index contributed by atoms with van der Waals surface area (Å²) >= 11 is 7.10. The average Bonchev–Trinajstić information content (AvgIpc) is 3.76. The van der Waals surface area contributed by atoms with Gasteiger partial charge in [-0.15, -0.1) is 0 Å². The lowest BCUT2D eigenvalue weighted by atomic mass is 10.1. The van der Waals surface area contributed by atoms with Crippen LogP contribution in [0.25, 0.3) is 0 Å². The topological polar surface area (TPSA) is 135 Å². The first-order valence-corrected chi connectivity index (χ1v) is 20.7. The summed E-state index contributed by atoms with van der Waals surface area (Å²) in [5.74, 6) is -1.64. The number of rotatable bonds is 6. The molecule has 2 amide bonds. The van der Waals surface area contributed by atoms with Crippen molar-refractivity contribution in [2.24, 2.45) is 14.1 Å². The minimum atomic E-state index is -0.894. The largest absolute Gasteiger partial charge is 0.378 e. The van der Waals surface area contributed by atoms with E-state index < -0.39 is 22.8 Å². The van der Waals surface area contributed by atoms with Gasteiger partial charge < -0.3 is 29.1 Å². The molecule has 2 atom stereocenters. The molecular formula is C40H44Br2F2N8O6. The van der Waals surface area contributed by atoms with Gasteiger partial charge in [-0.25, -0.2) is 9.97 Å². The van der Waals surface area contributed by atoms with Gasteiger partial charge in [0.05, 0.1) is 39.3 Å². The number of benzene rings is 2. The lowest BCUT2D eigenvalue weighted by molar-refractivity contribution is -0.119. The Morgan fingerprint density at radius 2 is 1.03 bits per heavy atom. The van der Waals surface area contributed by atoms with Crippen molar-refractivity contribution in [1.29, 1.82) is 0 Å². The molecule has 4 aromatic rings. The van der Waals surface area contributed by atoms with Gasteiger partial charge in [-0.05, 0) is 62.1 Å². The van der Waals surface area contributed by atoms with Crippen LogP contribution in [0.2, 0.25) is 0 Å². The molecule has 6 heterocycles. The molecule has 0 spiro atoms. The number of morpholine rings is 2. The Morgan fingerprint density at radius 1 is 0.672 bits per heavy atom. The fourth-order valence-corrected chi connectivity index (χ4v) is 8.93. The Labute approximate surface area is 350 Å². The van der Waals surface area contributed by atoms with Crippen molar-refractivity contribution < 1.29 is 27.8 Å². The Bertz CT molecular complexity index is 2200. The average molecular weight is 931 g/mol. The molecular weight excluding hydrogens is 886 g/mol. The number of amides is 2. The SMILES string of the molecule is CC1Cc2c(Br)cccc2N1C(=O)Cc1nc(N2CCOCC2)c(F)c(=O)n1C.CC1Cc2c(Br)cccc2N1C(=O)Cc1nc(N2CCOCC2)c(F)c(=O)n1C. The molecule has 4 aliphatic heterocycles. The van der Waals surface area contributed by atoms with E-state index in [2.05, 4.69) is 41.8 Å². The lowest BCUT2D eigenvalue weighted by Gasteiger charge is -2.28. The first-order chi connectivity index (χ1) is 27.8. The summed E-state index contributed by atoms with van der Waals surface area (Å²) in [5, 5.41) is 0. The number of aromatic nitrogens is 4. The zero-order chi connectivity index (χ0) is 41.4. The van der Waals surface area contributed by atoms with Gasteiger partial charge in [-0.3, -0.25) is 28.3 Å². The summed E-state index contributed by atoms with van der Waals surface area (Å²) in [4.78, 5) is 66.8. The van der Waals surface area contributed by atoms with E-state index in [1.54, 1.807) is 19.6 Å². The third kappa shape index (κ3) is 8.07. The molecule has 0 aliphatic carbocycles. The minimum absolute atomic E-state index is 0.00295. The maximum Gasteiger partial charge on any atom is 0.291 e. The molecule has 0 N–H and O–H groups in total. The van der Waals surface area contributed by atoms with Gasteiger partial charge in [0.15, 0.2) is 11.6 Å². The highest BCUT2D eigenvalue weighted by Gasteiger charge is 2.35. The maximum atomic E-state index is 14.6. The first kappa shape index (κ1) is 41.6. The molecule has 2 fully saturated rings. The molecule has 4 aliphatic rings. The second-order valence-corrected chi connectivity index (χ2v) is 16.4. The van der Waals surface area contributed by atoms with Crippen molar-refractivity contribution in [1.82, 2.24) is 19.1 Å². The highest BCUT2D eigenvalue weighted by molar-refractivity contribution is 9.10. The standard InChI is InChI=1S/2C20H22BrFN4O3/c2*1-12-10-13-14(21)4-3-5-15(13)26(12)17(27)11-16-23-19(18(22)20(28)24(16)2)25-6-8-29-9-7-25/h2*3-5,12H,6-11H2,1-2H3. The lowest BCUT2D eigenvalue weighted by Crippen LogP contribution is -2.41. The summed E-state index contributed by atoms with van der Waals surface area (Å²) in [7, 11) is 2.89. The molecule has 58 heavy (non-hydrogen) atoms. The quantitative estimate of drug-likeness (QED) is 0.279. The van der Waals surface area contributed by atoms with Gasteiger partial charge in [0.2, 0.25) is 23.4 Å². The highest BCUT2D eigenvalue weighted by atomic mass is 79.9. The van der Waals surface area contributed by atoms with Crippen LogP contribution in [-0.4, -0.2) is 95.6 Å². The first-order valence-electron chi connectivity index (χ1n) is 19.1. The van der Waals surface area contributed by atoms with Crippen molar-refractivity contribution in [2.75, 3.05) is 72.2 Å².